The Morgan fingerprint density at radius 1 is 1.23 bits per heavy atom. The topological polar surface area (TPSA) is 138 Å². The zero-order valence-electron chi connectivity index (χ0n) is 17.7. The van der Waals surface area contributed by atoms with Gasteiger partial charge in [-0.05, 0) is 26.7 Å². The molecule has 2 N–H and O–H groups in total. The molecular weight excluding hydrogens is 404 g/mol. The van der Waals surface area contributed by atoms with Crippen molar-refractivity contribution in [3.05, 3.63) is 17.1 Å². The maximum atomic E-state index is 12.5. The van der Waals surface area contributed by atoms with Crippen molar-refractivity contribution < 1.29 is 28.3 Å². The van der Waals surface area contributed by atoms with Crippen LogP contribution in [-0.4, -0.2) is 51.9 Å². The third kappa shape index (κ3) is 4.06. The highest BCUT2D eigenvalue weighted by Crippen LogP contribution is 2.31. The second-order valence-corrected chi connectivity index (χ2v) is 7.95. The Balaban J connectivity index is 1.44. The number of likely N-dealkylation sites (tertiary alicyclic amines) is 1. The number of aryl methyl sites for hydroxylation is 1. The molecule has 1 aliphatic heterocycles. The lowest BCUT2D eigenvalue weighted by atomic mass is 10.1. The normalized spacial score (nSPS) is 19.4. The third-order valence-corrected chi connectivity index (χ3v) is 5.88. The van der Waals surface area contributed by atoms with Crippen molar-refractivity contribution in [1.82, 2.24) is 14.9 Å². The monoisotopic (exact) mass is 430 g/mol. The number of esters is 2. The molecule has 0 aromatic carbocycles. The molecule has 1 unspecified atom stereocenters. The van der Waals surface area contributed by atoms with Crippen molar-refractivity contribution in [2.24, 2.45) is 5.92 Å². The number of furan rings is 1. The summed E-state index contributed by atoms with van der Waals surface area (Å²) < 4.78 is 16.0. The van der Waals surface area contributed by atoms with Gasteiger partial charge in [-0.2, -0.15) is 4.98 Å². The number of fused-ring (bicyclic) bond motifs is 1. The number of rotatable bonds is 6. The van der Waals surface area contributed by atoms with Crippen molar-refractivity contribution in [2.45, 2.75) is 58.6 Å². The Kier molecular flexibility index (Phi) is 5.79. The van der Waals surface area contributed by atoms with E-state index in [-0.39, 0.29) is 59.9 Å². The molecule has 2 aromatic rings. The Bertz CT molecular complexity index is 1030. The van der Waals surface area contributed by atoms with Gasteiger partial charge in [-0.3, -0.25) is 9.59 Å². The standard InChI is InChI=1S/C21H26N4O6/c1-3-29-21(28)16-11(2)31-19-17(16)18(22)23-14(24-19)10-30-20(27)12-8-15(26)25(9-12)13-6-4-5-7-13/h12-13H,3-10H2,1-2H3,(H2,22,23,24). The van der Waals surface area contributed by atoms with E-state index in [1.165, 1.54) is 0 Å². The van der Waals surface area contributed by atoms with Crippen molar-refractivity contribution in [3.63, 3.8) is 0 Å². The van der Waals surface area contributed by atoms with Gasteiger partial charge in [0.2, 0.25) is 11.6 Å². The van der Waals surface area contributed by atoms with Gasteiger partial charge >= 0.3 is 11.9 Å². The molecule has 10 nitrogen and oxygen atoms in total. The molecule has 31 heavy (non-hydrogen) atoms. The zero-order valence-corrected chi connectivity index (χ0v) is 17.7. The number of hydrogen-bond donors (Lipinski definition) is 1. The number of hydrogen-bond acceptors (Lipinski definition) is 9. The lowest BCUT2D eigenvalue weighted by Crippen LogP contribution is -2.35. The van der Waals surface area contributed by atoms with Gasteiger partial charge < -0.3 is 24.5 Å². The summed E-state index contributed by atoms with van der Waals surface area (Å²) in [5.74, 6) is -0.993. The second kappa shape index (κ2) is 8.52. The van der Waals surface area contributed by atoms with Gasteiger partial charge in [0, 0.05) is 19.0 Å². The first-order chi connectivity index (χ1) is 14.9. The average Bonchev–Trinajstić information content (AvgIpc) is 3.44. The van der Waals surface area contributed by atoms with Crippen LogP contribution in [0.2, 0.25) is 0 Å². The number of nitrogens with two attached hydrogens (primary N) is 1. The summed E-state index contributed by atoms with van der Waals surface area (Å²) in [7, 11) is 0. The minimum Gasteiger partial charge on any atom is -0.462 e. The molecule has 2 aliphatic rings. The zero-order chi connectivity index (χ0) is 22.1. The van der Waals surface area contributed by atoms with Gasteiger partial charge in [0.25, 0.3) is 0 Å². The van der Waals surface area contributed by atoms with Crippen LogP contribution < -0.4 is 5.73 Å². The number of nitrogens with zero attached hydrogens (tertiary/aromatic N) is 3. The maximum absolute atomic E-state index is 12.5. The molecule has 1 saturated carbocycles. The Morgan fingerprint density at radius 3 is 2.68 bits per heavy atom. The molecule has 4 rings (SSSR count). The van der Waals surface area contributed by atoms with Crippen LogP contribution in [0.3, 0.4) is 0 Å². The van der Waals surface area contributed by atoms with Gasteiger partial charge in [-0.1, -0.05) is 12.8 Å². The fourth-order valence-electron chi connectivity index (χ4n) is 4.41. The predicted octanol–water partition coefficient (Wildman–Crippen LogP) is 2.12. The second-order valence-electron chi connectivity index (χ2n) is 7.95. The Labute approximate surface area is 179 Å². The number of ether oxygens (including phenoxy) is 2. The summed E-state index contributed by atoms with van der Waals surface area (Å²) in [5, 5.41) is 0.277. The summed E-state index contributed by atoms with van der Waals surface area (Å²) in [5.41, 5.74) is 6.35. The lowest BCUT2D eigenvalue weighted by molar-refractivity contribution is -0.150. The third-order valence-electron chi connectivity index (χ3n) is 5.88. The number of nitrogen functional groups attached to an aromatic ring is 1. The lowest BCUT2D eigenvalue weighted by Gasteiger charge is -2.23. The highest BCUT2D eigenvalue weighted by atomic mass is 16.5. The maximum Gasteiger partial charge on any atom is 0.342 e. The molecule has 1 aliphatic carbocycles. The summed E-state index contributed by atoms with van der Waals surface area (Å²) in [4.78, 5) is 47.2. The summed E-state index contributed by atoms with van der Waals surface area (Å²) in [6, 6.07) is 0.242. The number of carbonyl (C=O) groups is 3. The molecule has 0 bridgehead atoms. The van der Waals surface area contributed by atoms with Crippen molar-refractivity contribution in [2.75, 3.05) is 18.9 Å². The number of aromatic nitrogens is 2. The van der Waals surface area contributed by atoms with Crippen LogP contribution in [0.25, 0.3) is 11.1 Å². The predicted molar refractivity (Wildman–Crippen MR) is 109 cm³/mol. The van der Waals surface area contributed by atoms with E-state index in [9.17, 15) is 14.4 Å². The van der Waals surface area contributed by atoms with E-state index >= 15 is 0 Å². The fourth-order valence-corrected chi connectivity index (χ4v) is 4.41. The molecule has 3 heterocycles. The molecule has 0 spiro atoms. The summed E-state index contributed by atoms with van der Waals surface area (Å²) in [6.07, 6.45) is 4.40. The van der Waals surface area contributed by atoms with E-state index in [0.29, 0.717) is 12.3 Å². The molecule has 2 aromatic heterocycles. The average molecular weight is 430 g/mol. The molecule has 1 saturated heterocycles. The molecule has 0 radical (unpaired) electrons. The molecule has 166 valence electrons. The van der Waals surface area contributed by atoms with Crippen LogP contribution in [-0.2, 0) is 25.7 Å². The minimum absolute atomic E-state index is 0.00770. The highest BCUT2D eigenvalue weighted by molar-refractivity contribution is 6.07. The Morgan fingerprint density at radius 2 is 1.97 bits per heavy atom. The van der Waals surface area contributed by atoms with Crippen molar-refractivity contribution in [3.8, 4) is 0 Å². The van der Waals surface area contributed by atoms with E-state index in [1.807, 2.05) is 4.90 Å². The molecular formula is C21H26N4O6. The number of amides is 1. The van der Waals surface area contributed by atoms with E-state index in [4.69, 9.17) is 19.6 Å². The number of carbonyl (C=O) groups excluding carboxylic acids is 3. The number of anilines is 1. The van der Waals surface area contributed by atoms with Crippen LogP contribution in [0.5, 0.6) is 0 Å². The molecule has 2 fully saturated rings. The van der Waals surface area contributed by atoms with Gasteiger partial charge in [0.15, 0.2) is 12.4 Å². The van der Waals surface area contributed by atoms with Crippen molar-refractivity contribution >= 4 is 34.8 Å². The summed E-state index contributed by atoms with van der Waals surface area (Å²) >= 11 is 0. The summed E-state index contributed by atoms with van der Waals surface area (Å²) in [6.45, 7) is 3.71. The van der Waals surface area contributed by atoms with E-state index in [1.54, 1.807) is 13.8 Å². The smallest absolute Gasteiger partial charge is 0.342 e. The first-order valence-corrected chi connectivity index (χ1v) is 10.6. The van der Waals surface area contributed by atoms with Crippen LogP contribution in [0.15, 0.2) is 4.42 Å². The first kappa shape index (κ1) is 21.1. The van der Waals surface area contributed by atoms with Crippen LogP contribution in [0.4, 0.5) is 5.82 Å². The highest BCUT2D eigenvalue weighted by Gasteiger charge is 2.39. The molecule has 1 amide bonds. The van der Waals surface area contributed by atoms with Crippen LogP contribution >= 0.6 is 0 Å². The largest absolute Gasteiger partial charge is 0.462 e. The Hall–Kier alpha value is -3.17. The fraction of sp³-hybridized carbons (Fsp3) is 0.571. The quantitative estimate of drug-likeness (QED) is 0.683. The van der Waals surface area contributed by atoms with E-state index < -0.39 is 17.9 Å². The molecule has 10 heteroatoms. The van der Waals surface area contributed by atoms with Gasteiger partial charge in [-0.15, -0.1) is 0 Å². The SMILES string of the molecule is CCOC(=O)c1c(C)oc2nc(COC(=O)C3CC(=O)N(C4CCCC4)C3)nc(N)c12. The van der Waals surface area contributed by atoms with E-state index in [2.05, 4.69) is 9.97 Å². The van der Waals surface area contributed by atoms with Crippen molar-refractivity contribution in [1.29, 1.82) is 0 Å². The van der Waals surface area contributed by atoms with Crippen LogP contribution in [0, 0.1) is 12.8 Å². The van der Waals surface area contributed by atoms with Crippen LogP contribution in [0.1, 0.15) is 61.0 Å². The van der Waals surface area contributed by atoms with E-state index in [0.717, 1.165) is 25.7 Å². The minimum atomic E-state index is -0.564. The van der Waals surface area contributed by atoms with Gasteiger partial charge in [0.05, 0.1) is 17.9 Å². The van der Waals surface area contributed by atoms with Gasteiger partial charge in [-0.25, -0.2) is 9.78 Å². The van der Waals surface area contributed by atoms with Gasteiger partial charge in [0.1, 0.15) is 17.1 Å². The molecule has 1 atom stereocenters. The first-order valence-electron chi connectivity index (χ1n) is 10.6.